The molecule has 1 rings (SSSR count). The molecule has 106 valence electrons. The average molecular weight is 274 g/mol. The largest absolute Gasteiger partial charge is 0.493 e. The van der Waals surface area contributed by atoms with Gasteiger partial charge >= 0.3 is 6.18 Å². The molecule has 0 amide bonds. The first kappa shape index (κ1) is 15.5. The van der Waals surface area contributed by atoms with Gasteiger partial charge in [0.05, 0.1) is 17.7 Å². The third-order valence-corrected chi connectivity index (χ3v) is 2.69. The van der Waals surface area contributed by atoms with Crippen LogP contribution in [0.1, 0.15) is 49.0 Å². The second-order valence-corrected chi connectivity index (χ2v) is 4.19. The molecule has 1 aromatic rings. The number of hydrogen-bond acceptors (Lipinski definition) is 2. The Morgan fingerprint density at radius 2 is 1.95 bits per heavy atom. The van der Waals surface area contributed by atoms with Crippen molar-refractivity contribution in [2.24, 2.45) is 0 Å². The van der Waals surface area contributed by atoms with Gasteiger partial charge in [0, 0.05) is 6.42 Å². The molecule has 0 aliphatic rings. The van der Waals surface area contributed by atoms with Crippen molar-refractivity contribution >= 4 is 5.78 Å². The Morgan fingerprint density at radius 1 is 1.26 bits per heavy atom. The standard InChI is InChI=1S/C14H17F3O2/c1-3-5-8-19-13-9-10(14(15,16)17)6-7-11(13)12(18)4-2/h6-7,9H,3-5,8H2,1-2H3. The Kier molecular flexibility index (Phi) is 5.39. The minimum atomic E-state index is -4.43. The number of ether oxygens (including phenoxy) is 1. The number of carbonyl (C=O) groups is 1. The van der Waals surface area contributed by atoms with Crippen molar-refractivity contribution in [2.45, 2.75) is 39.3 Å². The molecule has 2 nitrogen and oxygen atoms in total. The zero-order chi connectivity index (χ0) is 14.5. The molecule has 0 aliphatic heterocycles. The number of carbonyl (C=O) groups excluding carboxylic acids is 1. The van der Waals surface area contributed by atoms with Crippen LogP contribution in [0.15, 0.2) is 18.2 Å². The zero-order valence-electron chi connectivity index (χ0n) is 11.0. The highest BCUT2D eigenvalue weighted by Crippen LogP contribution is 2.33. The van der Waals surface area contributed by atoms with Gasteiger partial charge in [-0.1, -0.05) is 20.3 Å². The van der Waals surface area contributed by atoms with E-state index in [1.807, 2.05) is 6.92 Å². The molecule has 5 heteroatoms. The minimum Gasteiger partial charge on any atom is -0.493 e. The molecule has 0 unspecified atom stereocenters. The molecule has 0 N–H and O–H groups in total. The minimum absolute atomic E-state index is 0.0233. The molecule has 0 spiro atoms. The van der Waals surface area contributed by atoms with Gasteiger partial charge in [0.25, 0.3) is 0 Å². The van der Waals surface area contributed by atoms with Crippen molar-refractivity contribution in [3.05, 3.63) is 29.3 Å². The maximum absolute atomic E-state index is 12.6. The van der Waals surface area contributed by atoms with E-state index < -0.39 is 11.7 Å². The molecule has 0 bridgehead atoms. The fourth-order valence-electron chi connectivity index (χ4n) is 1.57. The maximum atomic E-state index is 12.6. The van der Waals surface area contributed by atoms with E-state index in [0.29, 0.717) is 6.61 Å². The van der Waals surface area contributed by atoms with Crippen LogP contribution in [0.5, 0.6) is 5.75 Å². The first-order valence-corrected chi connectivity index (χ1v) is 6.27. The number of unbranched alkanes of at least 4 members (excludes halogenated alkanes) is 1. The van der Waals surface area contributed by atoms with Crippen LogP contribution in [0, 0.1) is 0 Å². The lowest BCUT2D eigenvalue weighted by atomic mass is 10.0. The maximum Gasteiger partial charge on any atom is 0.416 e. The summed E-state index contributed by atoms with van der Waals surface area (Å²) in [6.07, 6.45) is -2.60. The molecule has 19 heavy (non-hydrogen) atoms. The highest BCUT2D eigenvalue weighted by molar-refractivity contribution is 5.98. The predicted octanol–water partition coefficient (Wildman–Crippen LogP) is 4.48. The van der Waals surface area contributed by atoms with E-state index >= 15 is 0 Å². The third kappa shape index (κ3) is 4.26. The van der Waals surface area contributed by atoms with Crippen molar-refractivity contribution < 1.29 is 22.7 Å². The molecule has 1 aromatic carbocycles. The Bertz CT molecular complexity index is 439. The van der Waals surface area contributed by atoms with E-state index in [4.69, 9.17) is 4.74 Å². The summed E-state index contributed by atoms with van der Waals surface area (Å²) in [4.78, 5) is 11.7. The fourth-order valence-corrected chi connectivity index (χ4v) is 1.57. The quantitative estimate of drug-likeness (QED) is 0.565. The van der Waals surface area contributed by atoms with E-state index in [1.165, 1.54) is 6.07 Å². The fraction of sp³-hybridized carbons (Fsp3) is 0.500. The van der Waals surface area contributed by atoms with Crippen LogP contribution in [-0.2, 0) is 6.18 Å². The lowest BCUT2D eigenvalue weighted by Gasteiger charge is -2.13. The van der Waals surface area contributed by atoms with Crippen LogP contribution in [0.3, 0.4) is 0 Å². The summed E-state index contributed by atoms with van der Waals surface area (Å²) in [7, 11) is 0. The van der Waals surface area contributed by atoms with E-state index in [0.717, 1.165) is 25.0 Å². The van der Waals surface area contributed by atoms with Crippen molar-refractivity contribution in [3.63, 3.8) is 0 Å². The van der Waals surface area contributed by atoms with Gasteiger partial charge in [0.1, 0.15) is 5.75 Å². The summed E-state index contributed by atoms with van der Waals surface area (Å²) in [5.41, 5.74) is -0.585. The molecule has 0 saturated carbocycles. The second-order valence-electron chi connectivity index (χ2n) is 4.19. The highest BCUT2D eigenvalue weighted by Gasteiger charge is 2.31. The smallest absolute Gasteiger partial charge is 0.416 e. The SMILES string of the molecule is CCCCOc1cc(C(F)(F)F)ccc1C(=O)CC. The van der Waals surface area contributed by atoms with Gasteiger partial charge < -0.3 is 4.74 Å². The number of hydrogen-bond donors (Lipinski definition) is 0. The number of benzene rings is 1. The van der Waals surface area contributed by atoms with E-state index in [-0.39, 0.29) is 23.5 Å². The Balaban J connectivity index is 3.07. The summed E-state index contributed by atoms with van der Waals surface area (Å²) in [5, 5.41) is 0. The second kappa shape index (κ2) is 6.59. The van der Waals surface area contributed by atoms with Crippen molar-refractivity contribution in [2.75, 3.05) is 6.61 Å². The Hall–Kier alpha value is -1.52. The molecule has 0 heterocycles. The predicted molar refractivity (Wildman–Crippen MR) is 66.5 cm³/mol. The average Bonchev–Trinajstić information content (AvgIpc) is 2.37. The molecular weight excluding hydrogens is 257 g/mol. The van der Waals surface area contributed by atoms with Crippen molar-refractivity contribution in [1.29, 1.82) is 0 Å². The Labute approximate surface area is 110 Å². The normalized spacial score (nSPS) is 11.4. The number of ketones is 1. The number of rotatable bonds is 6. The summed E-state index contributed by atoms with van der Waals surface area (Å²) >= 11 is 0. The first-order chi connectivity index (χ1) is 8.90. The monoisotopic (exact) mass is 274 g/mol. The van der Waals surface area contributed by atoms with Gasteiger partial charge in [-0.15, -0.1) is 0 Å². The summed E-state index contributed by atoms with van der Waals surface area (Å²) in [6, 6.07) is 3.00. The van der Waals surface area contributed by atoms with Gasteiger partial charge in [-0.05, 0) is 24.6 Å². The van der Waals surface area contributed by atoms with Gasteiger partial charge in [0.2, 0.25) is 0 Å². The number of Topliss-reactive ketones (excluding diaryl/α,β-unsaturated/α-hetero) is 1. The van der Waals surface area contributed by atoms with Crippen LogP contribution in [-0.4, -0.2) is 12.4 Å². The van der Waals surface area contributed by atoms with Crippen LogP contribution in [0.4, 0.5) is 13.2 Å². The van der Waals surface area contributed by atoms with Gasteiger partial charge in [-0.2, -0.15) is 13.2 Å². The van der Waals surface area contributed by atoms with Crippen LogP contribution >= 0.6 is 0 Å². The zero-order valence-corrected chi connectivity index (χ0v) is 11.0. The highest BCUT2D eigenvalue weighted by atomic mass is 19.4. The first-order valence-electron chi connectivity index (χ1n) is 6.27. The molecule has 0 radical (unpaired) electrons. The Morgan fingerprint density at radius 3 is 2.47 bits per heavy atom. The lowest BCUT2D eigenvalue weighted by Crippen LogP contribution is -2.09. The molecule has 0 saturated heterocycles. The van der Waals surface area contributed by atoms with E-state index in [9.17, 15) is 18.0 Å². The van der Waals surface area contributed by atoms with Crippen molar-refractivity contribution in [1.82, 2.24) is 0 Å². The van der Waals surface area contributed by atoms with Gasteiger partial charge in [0.15, 0.2) is 5.78 Å². The van der Waals surface area contributed by atoms with Crippen molar-refractivity contribution in [3.8, 4) is 5.75 Å². The summed E-state index contributed by atoms with van der Waals surface area (Å²) in [5.74, 6) is -0.199. The van der Waals surface area contributed by atoms with Crippen LogP contribution < -0.4 is 4.74 Å². The van der Waals surface area contributed by atoms with Crippen LogP contribution in [0.25, 0.3) is 0 Å². The summed E-state index contributed by atoms with van der Waals surface area (Å²) in [6.45, 7) is 3.92. The van der Waals surface area contributed by atoms with Gasteiger partial charge in [-0.25, -0.2) is 0 Å². The van der Waals surface area contributed by atoms with Crippen LogP contribution in [0.2, 0.25) is 0 Å². The lowest BCUT2D eigenvalue weighted by molar-refractivity contribution is -0.137. The van der Waals surface area contributed by atoms with E-state index in [2.05, 4.69) is 0 Å². The molecule has 0 fully saturated rings. The summed E-state index contributed by atoms with van der Waals surface area (Å²) < 4.78 is 43.2. The topological polar surface area (TPSA) is 26.3 Å². The number of alkyl halides is 3. The molecular formula is C14H17F3O2. The third-order valence-electron chi connectivity index (χ3n) is 2.69. The van der Waals surface area contributed by atoms with Gasteiger partial charge in [-0.3, -0.25) is 4.79 Å². The molecule has 0 aromatic heterocycles. The molecule has 0 atom stereocenters. The van der Waals surface area contributed by atoms with E-state index in [1.54, 1.807) is 6.92 Å². The number of halogens is 3. The molecule has 0 aliphatic carbocycles.